The van der Waals surface area contributed by atoms with E-state index in [0.717, 1.165) is 5.56 Å². The van der Waals surface area contributed by atoms with Gasteiger partial charge >= 0.3 is 0 Å². The first kappa shape index (κ1) is 11.7. The van der Waals surface area contributed by atoms with E-state index in [0.29, 0.717) is 24.7 Å². The predicted molar refractivity (Wildman–Crippen MR) is 60.1 cm³/mol. The van der Waals surface area contributed by atoms with Crippen LogP contribution in [0.4, 0.5) is 0 Å². The summed E-state index contributed by atoms with van der Waals surface area (Å²) in [6, 6.07) is 3.44. The van der Waals surface area contributed by atoms with Crippen molar-refractivity contribution in [2.45, 2.75) is 12.5 Å². The SMILES string of the molecule is COCC(N)c1nc(Cc2ccncc2)no1. The zero-order valence-electron chi connectivity index (χ0n) is 9.54. The number of nitrogens with two attached hydrogens (primary N) is 1. The van der Waals surface area contributed by atoms with Crippen molar-refractivity contribution in [3.05, 3.63) is 41.8 Å². The van der Waals surface area contributed by atoms with Gasteiger partial charge in [-0.05, 0) is 17.7 Å². The Bertz CT molecular complexity index is 458. The van der Waals surface area contributed by atoms with Crippen LogP contribution in [0.3, 0.4) is 0 Å². The average molecular weight is 234 g/mol. The van der Waals surface area contributed by atoms with Gasteiger partial charge in [0.2, 0.25) is 5.89 Å². The van der Waals surface area contributed by atoms with Gasteiger partial charge < -0.3 is 15.0 Å². The lowest BCUT2D eigenvalue weighted by Crippen LogP contribution is -2.16. The molecule has 0 aliphatic rings. The van der Waals surface area contributed by atoms with Crippen LogP contribution >= 0.6 is 0 Å². The Morgan fingerprint density at radius 2 is 2.18 bits per heavy atom. The van der Waals surface area contributed by atoms with Crippen LogP contribution in [0.25, 0.3) is 0 Å². The van der Waals surface area contributed by atoms with E-state index in [1.165, 1.54) is 0 Å². The molecule has 0 aliphatic heterocycles. The molecule has 90 valence electrons. The van der Waals surface area contributed by atoms with Crippen molar-refractivity contribution in [1.29, 1.82) is 0 Å². The zero-order chi connectivity index (χ0) is 12.1. The van der Waals surface area contributed by atoms with Gasteiger partial charge in [0.05, 0.1) is 6.61 Å². The molecule has 0 spiro atoms. The van der Waals surface area contributed by atoms with E-state index >= 15 is 0 Å². The third-order valence-electron chi connectivity index (χ3n) is 2.26. The summed E-state index contributed by atoms with van der Waals surface area (Å²) in [6.45, 7) is 0.358. The molecule has 17 heavy (non-hydrogen) atoms. The van der Waals surface area contributed by atoms with Crippen LogP contribution in [0.2, 0.25) is 0 Å². The molecule has 0 amide bonds. The number of aromatic nitrogens is 3. The highest BCUT2D eigenvalue weighted by Gasteiger charge is 2.14. The van der Waals surface area contributed by atoms with Crippen molar-refractivity contribution in [2.24, 2.45) is 5.73 Å². The largest absolute Gasteiger partial charge is 0.383 e. The second-order valence-corrected chi connectivity index (χ2v) is 3.64. The van der Waals surface area contributed by atoms with Crippen LogP contribution in [-0.4, -0.2) is 28.8 Å². The topological polar surface area (TPSA) is 87.1 Å². The molecule has 0 saturated carbocycles. The van der Waals surface area contributed by atoms with Crippen LogP contribution in [0.1, 0.15) is 23.3 Å². The second kappa shape index (κ2) is 5.51. The van der Waals surface area contributed by atoms with Gasteiger partial charge in [-0.2, -0.15) is 4.98 Å². The third-order valence-corrected chi connectivity index (χ3v) is 2.26. The molecular formula is C11H14N4O2. The molecule has 0 radical (unpaired) electrons. The Morgan fingerprint density at radius 3 is 2.88 bits per heavy atom. The van der Waals surface area contributed by atoms with Crippen molar-refractivity contribution in [3.8, 4) is 0 Å². The molecule has 1 unspecified atom stereocenters. The number of pyridine rings is 1. The van der Waals surface area contributed by atoms with Gasteiger partial charge in [-0.25, -0.2) is 0 Å². The van der Waals surface area contributed by atoms with Gasteiger partial charge in [0.25, 0.3) is 0 Å². The minimum absolute atomic E-state index is 0.358. The Balaban J connectivity index is 2.04. The van der Waals surface area contributed by atoms with Crippen molar-refractivity contribution in [1.82, 2.24) is 15.1 Å². The minimum atomic E-state index is -0.376. The second-order valence-electron chi connectivity index (χ2n) is 3.64. The van der Waals surface area contributed by atoms with E-state index in [1.54, 1.807) is 19.5 Å². The zero-order valence-corrected chi connectivity index (χ0v) is 9.54. The Morgan fingerprint density at radius 1 is 1.41 bits per heavy atom. The van der Waals surface area contributed by atoms with Crippen molar-refractivity contribution in [3.63, 3.8) is 0 Å². The predicted octanol–water partition coefficient (Wildman–Crippen LogP) is 0.702. The van der Waals surface area contributed by atoms with Gasteiger partial charge in [-0.15, -0.1) is 0 Å². The summed E-state index contributed by atoms with van der Waals surface area (Å²) in [6.07, 6.45) is 4.06. The summed E-state index contributed by atoms with van der Waals surface area (Å²) in [5.74, 6) is 1.01. The van der Waals surface area contributed by atoms with Crippen LogP contribution in [0.15, 0.2) is 29.0 Å². The normalized spacial score (nSPS) is 12.6. The van der Waals surface area contributed by atoms with Crippen LogP contribution < -0.4 is 5.73 Å². The first-order valence-corrected chi connectivity index (χ1v) is 5.25. The number of hydrogen-bond donors (Lipinski definition) is 1. The summed E-state index contributed by atoms with van der Waals surface area (Å²) in [7, 11) is 1.58. The fourth-order valence-electron chi connectivity index (χ4n) is 1.42. The molecule has 0 bridgehead atoms. The number of hydrogen-bond acceptors (Lipinski definition) is 6. The molecule has 0 aromatic carbocycles. The summed E-state index contributed by atoms with van der Waals surface area (Å²) >= 11 is 0. The highest BCUT2D eigenvalue weighted by atomic mass is 16.5. The summed E-state index contributed by atoms with van der Waals surface area (Å²) in [5.41, 5.74) is 6.86. The first-order valence-electron chi connectivity index (χ1n) is 5.25. The number of rotatable bonds is 5. The molecule has 2 N–H and O–H groups in total. The number of methoxy groups -OCH3 is 1. The maximum atomic E-state index is 5.78. The monoisotopic (exact) mass is 234 g/mol. The molecule has 0 fully saturated rings. The fourth-order valence-corrected chi connectivity index (χ4v) is 1.42. The summed E-state index contributed by atoms with van der Waals surface area (Å²) in [4.78, 5) is 8.16. The average Bonchev–Trinajstić information content (AvgIpc) is 2.79. The lowest BCUT2D eigenvalue weighted by atomic mass is 10.2. The first-order chi connectivity index (χ1) is 8.29. The molecule has 2 rings (SSSR count). The molecule has 2 aromatic heterocycles. The fraction of sp³-hybridized carbons (Fsp3) is 0.364. The van der Waals surface area contributed by atoms with Crippen molar-refractivity contribution in [2.75, 3.05) is 13.7 Å². The van der Waals surface area contributed by atoms with Crippen LogP contribution in [-0.2, 0) is 11.2 Å². The Hall–Kier alpha value is -1.79. The minimum Gasteiger partial charge on any atom is -0.383 e. The lowest BCUT2D eigenvalue weighted by molar-refractivity contribution is 0.166. The van der Waals surface area contributed by atoms with Crippen molar-refractivity contribution >= 4 is 0 Å². The quantitative estimate of drug-likeness (QED) is 0.819. The molecule has 6 nitrogen and oxygen atoms in total. The molecule has 6 heteroatoms. The number of ether oxygens (including phenoxy) is 1. The van der Waals surface area contributed by atoms with E-state index in [4.69, 9.17) is 15.0 Å². The molecule has 2 heterocycles. The van der Waals surface area contributed by atoms with Gasteiger partial charge in [0.1, 0.15) is 6.04 Å². The van der Waals surface area contributed by atoms with E-state index in [2.05, 4.69) is 15.1 Å². The van der Waals surface area contributed by atoms with E-state index in [9.17, 15) is 0 Å². The van der Waals surface area contributed by atoms with Gasteiger partial charge in [-0.1, -0.05) is 5.16 Å². The van der Waals surface area contributed by atoms with Crippen molar-refractivity contribution < 1.29 is 9.26 Å². The van der Waals surface area contributed by atoms with E-state index in [-0.39, 0.29) is 6.04 Å². The lowest BCUT2D eigenvalue weighted by Gasteiger charge is -2.02. The van der Waals surface area contributed by atoms with Crippen LogP contribution in [0, 0.1) is 0 Å². The Kier molecular flexibility index (Phi) is 3.79. The highest BCUT2D eigenvalue weighted by molar-refractivity contribution is 5.14. The maximum Gasteiger partial charge on any atom is 0.245 e. The number of nitrogens with zero attached hydrogens (tertiary/aromatic N) is 3. The molecule has 0 saturated heterocycles. The summed E-state index contributed by atoms with van der Waals surface area (Å²) in [5, 5.41) is 3.87. The van der Waals surface area contributed by atoms with E-state index < -0.39 is 0 Å². The Labute approximate surface area is 98.8 Å². The molecule has 1 atom stereocenters. The highest BCUT2D eigenvalue weighted by Crippen LogP contribution is 2.10. The molecule has 0 aliphatic carbocycles. The van der Waals surface area contributed by atoms with Crippen LogP contribution in [0.5, 0.6) is 0 Å². The maximum absolute atomic E-state index is 5.78. The van der Waals surface area contributed by atoms with Gasteiger partial charge in [0.15, 0.2) is 5.82 Å². The molecule has 2 aromatic rings. The van der Waals surface area contributed by atoms with Gasteiger partial charge in [0, 0.05) is 25.9 Å². The van der Waals surface area contributed by atoms with E-state index in [1.807, 2.05) is 12.1 Å². The standard InChI is InChI=1S/C11H14N4O2/c1-16-7-9(12)11-14-10(15-17-11)6-8-2-4-13-5-3-8/h2-5,9H,6-7,12H2,1H3. The third kappa shape index (κ3) is 3.08. The summed E-state index contributed by atoms with van der Waals surface area (Å²) < 4.78 is 9.99. The molecular weight excluding hydrogens is 220 g/mol. The smallest absolute Gasteiger partial charge is 0.245 e. The van der Waals surface area contributed by atoms with Gasteiger partial charge in [-0.3, -0.25) is 4.98 Å².